The molecule has 7 nitrogen and oxygen atoms in total. The monoisotopic (exact) mass is 513 g/mol. The Kier molecular flexibility index (Phi) is 7.09. The van der Waals surface area contributed by atoms with Crippen molar-refractivity contribution in [2.45, 2.75) is 38.3 Å². The summed E-state index contributed by atoms with van der Waals surface area (Å²) in [5.41, 5.74) is 4.39. The minimum Gasteiger partial charge on any atom is -0.507 e. The van der Waals surface area contributed by atoms with Gasteiger partial charge in [-0.25, -0.2) is 0 Å². The van der Waals surface area contributed by atoms with Gasteiger partial charge in [0.2, 0.25) is 0 Å². The number of carbonyl (C=O) groups is 2. The number of aryl methyl sites for hydroxylation is 2. The van der Waals surface area contributed by atoms with Crippen LogP contribution in [0.25, 0.3) is 5.76 Å². The smallest absolute Gasteiger partial charge is 0.295 e. The minimum atomic E-state index is -0.837. The molecule has 2 aliphatic rings. The number of aliphatic hydroxyl groups excluding tert-OH is 1. The molecule has 1 amide bonds. The maximum Gasteiger partial charge on any atom is 0.295 e. The Hall–Kier alpha value is -4.26. The molecule has 0 bridgehead atoms. The highest BCUT2D eigenvalue weighted by Gasteiger charge is 2.46. The van der Waals surface area contributed by atoms with Crippen LogP contribution in [0, 0.1) is 0 Å². The Morgan fingerprint density at radius 2 is 1.55 bits per heavy atom. The van der Waals surface area contributed by atoms with Crippen LogP contribution in [0.2, 0.25) is 0 Å². The lowest BCUT2D eigenvalue weighted by Crippen LogP contribution is -2.29. The number of para-hydroxylation sites is 1. The van der Waals surface area contributed by atoms with Crippen molar-refractivity contribution in [2.24, 2.45) is 0 Å². The summed E-state index contributed by atoms with van der Waals surface area (Å²) in [6, 6.07) is 17.6. The van der Waals surface area contributed by atoms with Gasteiger partial charge in [0, 0.05) is 11.1 Å². The third-order valence-electron chi connectivity index (χ3n) is 7.42. The van der Waals surface area contributed by atoms with E-state index < -0.39 is 17.7 Å². The topological polar surface area (TPSA) is 85.3 Å². The second-order valence-corrected chi connectivity index (χ2v) is 9.54. The van der Waals surface area contributed by atoms with Crippen LogP contribution >= 0.6 is 0 Å². The van der Waals surface area contributed by atoms with E-state index in [2.05, 4.69) is 0 Å². The zero-order valence-corrected chi connectivity index (χ0v) is 21.8. The number of hydrogen-bond acceptors (Lipinski definition) is 6. The largest absolute Gasteiger partial charge is 0.507 e. The fraction of sp³-hybridized carbons (Fsp3) is 0.290. The number of carbonyl (C=O) groups excluding carboxylic acids is 2. The number of hydrogen-bond donors (Lipinski definition) is 1. The number of ether oxygens (including phenoxy) is 3. The van der Waals surface area contributed by atoms with Crippen LogP contribution in [-0.2, 0) is 29.0 Å². The van der Waals surface area contributed by atoms with Crippen molar-refractivity contribution >= 4 is 17.4 Å². The summed E-state index contributed by atoms with van der Waals surface area (Å²) in [5, 5.41) is 11.6. The first-order valence-electron chi connectivity index (χ1n) is 12.7. The van der Waals surface area contributed by atoms with E-state index in [-0.39, 0.29) is 17.9 Å². The molecule has 1 unspecified atom stereocenters. The zero-order valence-electron chi connectivity index (χ0n) is 21.8. The van der Waals surface area contributed by atoms with Gasteiger partial charge in [0.15, 0.2) is 11.5 Å². The normalized spacial score (nSPS) is 18.3. The summed E-state index contributed by atoms with van der Waals surface area (Å²) in [7, 11) is 4.64. The molecule has 0 spiro atoms. The molecular weight excluding hydrogens is 482 g/mol. The molecule has 3 aromatic carbocycles. The van der Waals surface area contributed by atoms with E-state index in [0.717, 1.165) is 31.2 Å². The Labute approximate surface area is 222 Å². The number of amides is 1. The van der Waals surface area contributed by atoms with Gasteiger partial charge in [-0.2, -0.15) is 0 Å². The maximum absolute atomic E-state index is 13.5. The summed E-state index contributed by atoms with van der Waals surface area (Å²) in [5.74, 6) is -0.00596. The molecule has 38 heavy (non-hydrogen) atoms. The molecule has 1 N–H and O–H groups in total. The molecule has 0 aromatic heterocycles. The zero-order chi connectivity index (χ0) is 26.8. The number of likely N-dealkylation sites (tertiary alicyclic amines) is 1. The molecule has 7 heteroatoms. The third-order valence-corrected chi connectivity index (χ3v) is 7.42. The Morgan fingerprint density at radius 3 is 2.29 bits per heavy atom. The Balaban J connectivity index is 1.67. The van der Waals surface area contributed by atoms with Crippen molar-refractivity contribution in [1.82, 2.24) is 4.90 Å². The van der Waals surface area contributed by atoms with Crippen LogP contribution in [0.15, 0.2) is 66.2 Å². The van der Waals surface area contributed by atoms with Crippen molar-refractivity contribution in [3.05, 3.63) is 94.1 Å². The van der Waals surface area contributed by atoms with Gasteiger partial charge in [0.1, 0.15) is 11.5 Å². The molecule has 0 radical (unpaired) electrons. The average molecular weight is 514 g/mol. The number of aliphatic hydroxyl groups is 1. The van der Waals surface area contributed by atoms with Gasteiger partial charge >= 0.3 is 0 Å². The fourth-order valence-electron chi connectivity index (χ4n) is 5.47. The van der Waals surface area contributed by atoms with E-state index in [1.807, 2.05) is 42.5 Å². The molecule has 1 fully saturated rings. The Morgan fingerprint density at radius 1 is 0.842 bits per heavy atom. The first kappa shape index (κ1) is 25.4. The molecular formula is C31H31NO6. The molecule has 1 aliphatic heterocycles. The van der Waals surface area contributed by atoms with Gasteiger partial charge in [-0.3, -0.25) is 9.59 Å². The average Bonchev–Trinajstić information content (AvgIpc) is 3.21. The van der Waals surface area contributed by atoms with Crippen LogP contribution in [-0.4, -0.2) is 43.0 Å². The summed E-state index contributed by atoms with van der Waals surface area (Å²) in [4.78, 5) is 28.5. The molecule has 5 rings (SSSR count). The maximum atomic E-state index is 13.5. The molecule has 196 valence electrons. The lowest BCUT2D eigenvalue weighted by atomic mass is 9.88. The lowest BCUT2D eigenvalue weighted by Gasteiger charge is -2.26. The van der Waals surface area contributed by atoms with Gasteiger partial charge in [-0.15, -0.1) is 0 Å². The van der Waals surface area contributed by atoms with Crippen molar-refractivity contribution < 1.29 is 28.9 Å². The van der Waals surface area contributed by atoms with Crippen molar-refractivity contribution in [3.8, 4) is 17.2 Å². The molecule has 1 saturated heterocycles. The quantitative estimate of drug-likeness (QED) is 0.265. The van der Waals surface area contributed by atoms with Gasteiger partial charge in [0.25, 0.3) is 11.7 Å². The fourth-order valence-corrected chi connectivity index (χ4v) is 5.47. The number of methoxy groups -OCH3 is 3. The molecule has 3 aromatic rings. The predicted octanol–water partition coefficient (Wildman–Crippen LogP) is 5.21. The second-order valence-electron chi connectivity index (χ2n) is 9.54. The molecule has 1 heterocycles. The molecule has 1 aliphatic carbocycles. The molecule has 0 saturated carbocycles. The number of fused-ring (bicyclic) bond motifs is 1. The van der Waals surface area contributed by atoms with Crippen molar-refractivity contribution in [3.63, 3.8) is 0 Å². The Bertz CT molecular complexity index is 1430. The van der Waals surface area contributed by atoms with Gasteiger partial charge in [-0.05, 0) is 66.6 Å². The van der Waals surface area contributed by atoms with Crippen LogP contribution in [0.1, 0.15) is 46.7 Å². The highest BCUT2D eigenvalue weighted by atomic mass is 16.5. The van der Waals surface area contributed by atoms with Gasteiger partial charge in [-0.1, -0.05) is 36.4 Å². The number of rotatable bonds is 7. The van der Waals surface area contributed by atoms with Crippen LogP contribution in [0.3, 0.4) is 0 Å². The summed E-state index contributed by atoms with van der Waals surface area (Å²) < 4.78 is 16.4. The summed E-state index contributed by atoms with van der Waals surface area (Å²) >= 11 is 0. The minimum absolute atomic E-state index is 0.0490. The number of nitrogens with zero attached hydrogens (tertiary/aromatic N) is 1. The summed E-state index contributed by atoms with van der Waals surface area (Å²) in [6.45, 7) is 0.120. The molecule has 1 atom stereocenters. The van der Waals surface area contributed by atoms with E-state index in [1.165, 1.54) is 23.1 Å². The van der Waals surface area contributed by atoms with Crippen LogP contribution in [0.4, 0.5) is 0 Å². The van der Waals surface area contributed by atoms with E-state index >= 15 is 0 Å². The number of ketones is 1. The third kappa shape index (κ3) is 4.49. The highest BCUT2D eigenvalue weighted by Crippen LogP contribution is 2.43. The first-order valence-corrected chi connectivity index (χ1v) is 12.7. The number of benzene rings is 3. The number of Topliss-reactive ketones (excluding diaryl/α,β-unsaturated/α-hetero) is 1. The SMILES string of the molecule is COc1ccccc1CN1C(=O)C(=O)/C(=C(/O)c2ccc3c(c2)CCCC3)C1c1ccc(OC)c(OC)c1. The summed E-state index contributed by atoms with van der Waals surface area (Å²) in [6.07, 6.45) is 4.17. The van der Waals surface area contributed by atoms with E-state index in [9.17, 15) is 14.7 Å². The van der Waals surface area contributed by atoms with Crippen LogP contribution in [0.5, 0.6) is 17.2 Å². The van der Waals surface area contributed by atoms with Crippen LogP contribution < -0.4 is 14.2 Å². The predicted molar refractivity (Wildman–Crippen MR) is 143 cm³/mol. The standard InChI is InChI=1S/C31H31NO6/c1-36-24-11-7-6-10-23(24)18-32-28(21-14-15-25(37-2)26(17-21)38-3)27(30(34)31(32)35)29(33)22-13-12-19-8-4-5-9-20(19)16-22/h6-7,10-17,28,33H,4-5,8-9,18H2,1-3H3/b29-27+. The van der Waals surface area contributed by atoms with E-state index in [4.69, 9.17) is 14.2 Å². The van der Waals surface area contributed by atoms with E-state index in [0.29, 0.717) is 28.4 Å². The van der Waals surface area contributed by atoms with Gasteiger partial charge in [0.05, 0.1) is 39.5 Å². The first-order chi connectivity index (χ1) is 18.5. The van der Waals surface area contributed by atoms with Gasteiger partial charge < -0.3 is 24.2 Å². The van der Waals surface area contributed by atoms with Crippen molar-refractivity contribution in [1.29, 1.82) is 0 Å². The lowest BCUT2D eigenvalue weighted by molar-refractivity contribution is -0.140. The van der Waals surface area contributed by atoms with Crippen molar-refractivity contribution in [2.75, 3.05) is 21.3 Å². The second kappa shape index (κ2) is 10.6. The highest BCUT2D eigenvalue weighted by molar-refractivity contribution is 6.46. The van der Waals surface area contributed by atoms with E-state index in [1.54, 1.807) is 32.4 Å².